The summed E-state index contributed by atoms with van der Waals surface area (Å²) in [5, 5.41) is 0. The minimum Gasteiger partial charge on any atom is -0.465 e. The van der Waals surface area contributed by atoms with Crippen molar-refractivity contribution in [1.82, 2.24) is 0 Å². The number of methoxy groups -OCH3 is 1. The molecule has 0 atom stereocenters. The maximum absolute atomic E-state index is 10.8. The van der Waals surface area contributed by atoms with E-state index in [0.717, 1.165) is 6.42 Å². The maximum atomic E-state index is 10.8. The molecular weight excluding hydrogens is 128 g/mol. The van der Waals surface area contributed by atoms with E-state index in [4.69, 9.17) is 0 Å². The average Bonchev–Trinajstić information content (AvgIpc) is 1.99. The molecule has 0 rings (SSSR count). The van der Waals surface area contributed by atoms with Crippen LogP contribution in [-0.2, 0) is 9.53 Å². The molecule has 0 heterocycles. The minimum atomic E-state index is -0.322. The van der Waals surface area contributed by atoms with Crippen LogP contribution in [0.15, 0.2) is 24.3 Å². The molecule has 0 aliphatic heterocycles. The average molecular weight is 140 g/mol. The first-order valence-electron chi connectivity index (χ1n) is 3.17. The van der Waals surface area contributed by atoms with Crippen LogP contribution in [0.4, 0.5) is 0 Å². The summed E-state index contributed by atoms with van der Waals surface area (Å²) in [5.41, 5.74) is 0.532. The largest absolute Gasteiger partial charge is 0.465 e. The highest BCUT2D eigenvalue weighted by Gasteiger charge is 2.01. The van der Waals surface area contributed by atoms with E-state index in [1.807, 2.05) is 6.92 Å². The van der Waals surface area contributed by atoms with E-state index in [1.165, 1.54) is 13.2 Å². The van der Waals surface area contributed by atoms with E-state index in [9.17, 15) is 4.79 Å². The lowest BCUT2D eigenvalue weighted by Gasteiger charge is -1.96. The SMILES string of the molecule is C=C/C(=C\CC)C(=O)OC. The van der Waals surface area contributed by atoms with Crippen LogP contribution in [0.25, 0.3) is 0 Å². The van der Waals surface area contributed by atoms with Crippen LogP contribution in [0.5, 0.6) is 0 Å². The molecule has 2 nitrogen and oxygen atoms in total. The molecule has 0 spiro atoms. The van der Waals surface area contributed by atoms with Gasteiger partial charge in [-0.3, -0.25) is 0 Å². The van der Waals surface area contributed by atoms with Gasteiger partial charge in [0.05, 0.1) is 12.7 Å². The van der Waals surface area contributed by atoms with Crippen molar-refractivity contribution < 1.29 is 9.53 Å². The zero-order valence-corrected chi connectivity index (χ0v) is 6.39. The third-order valence-electron chi connectivity index (χ3n) is 1.07. The number of hydrogen-bond acceptors (Lipinski definition) is 2. The highest BCUT2D eigenvalue weighted by molar-refractivity contribution is 5.91. The van der Waals surface area contributed by atoms with Gasteiger partial charge in [0.2, 0.25) is 0 Å². The second-order valence-corrected chi connectivity index (χ2v) is 1.76. The standard InChI is InChI=1S/C8H12O2/c1-4-6-7(5-2)8(9)10-3/h5-6H,2,4H2,1,3H3/b7-6+. The molecule has 10 heavy (non-hydrogen) atoms. The van der Waals surface area contributed by atoms with E-state index < -0.39 is 0 Å². The van der Waals surface area contributed by atoms with E-state index >= 15 is 0 Å². The molecule has 0 aromatic heterocycles. The summed E-state index contributed by atoms with van der Waals surface area (Å²) in [6, 6.07) is 0. The summed E-state index contributed by atoms with van der Waals surface area (Å²) in [7, 11) is 1.36. The number of carbonyl (C=O) groups excluding carboxylic acids is 1. The second-order valence-electron chi connectivity index (χ2n) is 1.76. The van der Waals surface area contributed by atoms with Gasteiger partial charge in [0.1, 0.15) is 0 Å². The highest BCUT2D eigenvalue weighted by Crippen LogP contribution is 1.99. The number of carbonyl (C=O) groups is 1. The van der Waals surface area contributed by atoms with Gasteiger partial charge in [0.25, 0.3) is 0 Å². The quantitative estimate of drug-likeness (QED) is 0.338. The molecule has 0 radical (unpaired) electrons. The zero-order valence-electron chi connectivity index (χ0n) is 6.39. The minimum absolute atomic E-state index is 0.322. The lowest BCUT2D eigenvalue weighted by atomic mass is 10.2. The van der Waals surface area contributed by atoms with Gasteiger partial charge in [-0.2, -0.15) is 0 Å². The van der Waals surface area contributed by atoms with Gasteiger partial charge in [0.15, 0.2) is 0 Å². The fraction of sp³-hybridized carbons (Fsp3) is 0.375. The van der Waals surface area contributed by atoms with Gasteiger partial charge < -0.3 is 4.74 Å². The summed E-state index contributed by atoms with van der Waals surface area (Å²) in [4.78, 5) is 10.8. The van der Waals surface area contributed by atoms with Crippen molar-refractivity contribution in [2.45, 2.75) is 13.3 Å². The van der Waals surface area contributed by atoms with E-state index in [-0.39, 0.29) is 5.97 Å². The molecule has 0 N–H and O–H groups in total. The molecule has 0 saturated carbocycles. The van der Waals surface area contributed by atoms with Crippen molar-refractivity contribution in [3.8, 4) is 0 Å². The Hall–Kier alpha value is -1.05. The summed E-state index contributed by atoms with van der Waals surface area (Å²) in [6.07, 6.45) is 4.09. The molecule has 0 aliphatic rings. The summed E-state index contributed by atoms with van der Waals surface area (Å²) < 4.78 is 4.48. The van der Waals surface area contributed by atoms with Crippen LogP contribution >= 0.6 is 0 Å². The van der Waals surface area contributed by atoms with Crippen molar-refractivity contribution in [3.05, 3.63) is 24.3 Å². The van der Waals surface area contributed by atoms with Gasteiger partial charge in [-0.05, 0) is 6.42 Å². The van der Waals surface area contributed by atoms with Crippen molar-refractivity contribution in [1.29, 1.82) is 0 Å². The normalized spacial score (nSPS) is 10.8. The van der Waals surface area contributed by atoms with Gasteiger partial charge >= 0.3 is 5.97 Å². The number of ether oxygens (including phenoxy) is 1. The zero-order chi connectivity index (χ0) is 7.98. The van der Waals surface area contributed by atoms with Crippen molar-refractivity contribution in [2.75, 3.05) is 7.11 Å². The predicted molar refractivity (Wildman–Crippen MR) is 40.6 cm³/mol. The Bertz CT molecular complexity index is 157. The second kappa shape index (κ2) is 4.79. The molecular formula is C8H12O2. The van der Waals surface area contributed by atoms with Crippen LogP contribution in [0.3, 0.4) is 0 Å². The van der Waals surface area contributed by atoms with E-state index in [2.05, 4.69) is 11.3 Å². The third kappa shape index (κ3) is 2.49. The fourth-order valence-corrected chi connectivity index (χ4v) is 0.588. The number of hydrogen-bond donors (Lipinski definition) is 0. The number of rotatable bonds is 3. The van der Waals surface area contributed by atoms with Crippen molar-refractivity contribution in [2.24, 2.45) is 0 Å². The topological polar surface area (TPSA) is 26.3 Å². The van der Waals surface area contributed by atoms with Crippen LogP contribution in [-0.4, -0.2) is 13.1 Å². The van der Waals surface area contributed by atoms with Crippen LogP contribution in [0.1, 0.15) is 13.3 Å². The number of allylic oxidation sites excluding steroid dienone is 1. The lowest BCUT2D eigenvalue weighted by molar-refractivity contribution is -0.135. The first-order valence-corrected chi connectivity index (χ1v) is 3.17. The predicted octanol–water partition coefficient (Wildman–Crippen LogP) is 1.68. The Balaban J connectivity index is 4.20. The van der Waals surface area contributed by atoms with Crippen LogP contribution < -0.4 is 0 Å². The first kappa shape index (κ1) is 8.95. The number of esters is 1. The van der Waals surface area contributed by atoms with Gasteiger partial charge in [-0.25, -0.2) is 4.79 Å². The highest BCUT2D eigenvalue weighted by atomic mass is 16.5. The Kier molecular flexibility index (Phi) is 4.29. The third-order valence-corrected chi connectivity index (χ3v) is 1.07. The molecule has 0 saturated heterocycles. The Morgan fingerprint density at radius 3 is 2.60 bits per heavy atom. The Morgan fingerprint density at radius 2 is 2.30 bits per heavy atom. The molecule has 0 aromatic carbocycles. The van der Waals surface area contributed by atoms with Crippen LogP contribution in [0, 0.1) is 0 Å². The van der Waals surface area contributed by atoms with Crippen molar-refractivity contribution >= 4 is 5.97 Å². The molecule has 0 fully saturated rings. The molecule has 0 aliphatic carbocycles. The molecule has 0 unspecified atom stereocenters. The van der Waals surface area contributed by atoms with Gasteiger partial charge in [-0.15, -0.1) is 0 Å². The van der Waals surface area contributed by atoms with E-state index in [1.54, 1.807) is 6.08 Å². The molecule has 0 bridgehead atoms. The first-order chi connectivity index (χ1) is 4.76. The summed E-state index contributed by atoms with van der Waals surface area (Å²) in [6.45, 7) is 5.43. The lowest BCUT2D eigenvalue weighted by Crippen LogP contribution is -2.01. The van der Waals surface area contributed by atoms with Gasteiger partial charge in [-0.1, -0.05) is 25.7 Å². The Morgan fingerprint density at radius 1 is 1.70 bits per heavy atom. The van der Waals surface area contributed by atoms with Gasteiger partial charge in [0, 0.05) is 0 Å². The molecule has 0 amide bonds. The van der Waals surface area contributed by atoms with Crippen molar-refractivity contribution in [3.63, 3.8) is 0 Å². The summed E-state index contributed by atoms with van der Waals surface area (Å²) >= 11 is 0. The monoisotopic (exact) mass is 140 g/mol. The fourth-order valence-electron chi connectivity index (χ4n) is 0.588. The Labute approximate surface area is 61.2 Å². The molecule has 2 heteroatoms. The maximum Gasteiger partial charge on any atom is 0.337 e. The molecule has 0 aromatic rings. The van der Waals surface area contributed by atoms with Crippen LogP contribution in [0.2, 0.25) is 0 Å². The molecule has 56 valence electrons. The van der Waals surface area contributed by atoms with E-state index in [0.29, 0.717) is 5.57 Å². The smallest absolute Gasteiger partial charge is 0.337 e. The summed E-state index contributed by atoms with van der Waals surface area (Å²) in [5.74, 6) is -0.322.